The van der Waals surface area contributed by atoms with Gasteiger partial charge in [0.25, 0.3) is 0 Å². The van der Waals surface area contributed by atoms with Gasteiger partial charge in [0.15, 0.2) is 0 Å². The van der Waals surface area contributed by atoms with Crippen LogP contribution in [0.15, 0.2) is 120 Å². The molecule has 0 fully saturated rings. The molecule has 9 aromatic rings. The van der Waals surface area contributed by atoms with E-state index in [1.54, 1.807) is 23.5 Å². The van der Waals surface area contributed by atoms with Crippen molar-refractivity contribution in [1.29, 1.82) is 0 Å². The van der Waals surface area contributed by atoms with Crippen LogP contribution in [0.4, 0.5) is 0 Å². The fourth-order valence-electron chi connectivity index (χ4n) is 7.18. The number of nitrogens with zero attached hydrogens (tertiary/aromatic N) is 3. The summed E-state index contributed by atoms with van der Waals surface area (Å²) >= 11 is 1.73. The first-order valence-electron chi connectivity index (χ1n) is 22.4. The van der Waals surface area contributed by atoms with Gasteiger partial charge < -0.3 is 14.4 Å². The van der Waals surface area contributed by atoms with Crippen molar-refractivity contribution in [2.24, 2.45) is 0 Å². The Kier molecular flexibility index (Phi) is 9.32. The zero-order chi connectivity index (χ0) is 45.9. The molecule has 0 unspecified atom stereocenters. The molecule has 293 valence electrons. The van der Waals surface area contributed by atoms with E-state index >= 15 is 0 Å². The third-order valence-corrected chi connectivity index (χ3v) is 11.6. The first kappa shape index (κ1) is 32.7. The Morgan fingerprint density at radius 2 is 1.50 bits per heavy atom. The Labute approximate surface area is 369 Å². The minimum atomic E-state index is -2.29. The maximum absolute atomic E-state index is 8.83. The molecule has 0 amide bonds. The standard InChI is InChI=1S/C33H31N2OS.C19H16N.Ir/c1-18(2)25-17-34-26(16-24(25)28-19(3)10-8-11-20(28)4)23-13-9-12-21-22-14-15-27-29(31(22)36-30(21)23)35-32(37-27)33(5,6)7;1-14-8-10-17(11-9-14)19-12-18(15(2)13-20-19)16-6-4-3-5-7-16;/h8-12,14-18H,1-7H3;3-10,12-13H,1-2H3;/q2*-1;/i18D;1D3,2D3;. The van der Waals surface area contributed by atoms with Crippen LogP contribution < -0.4 is 0 Å². The molecule has 0 aliphatic heterocycles. The minimum Gasteiger partial charge on any atom is -0.498 e. The van der Waals surface area contributed by atoms with Crippen molar-refractivity contribution >= 4 is 43.5 Å². The quantitative estimate of drug-likeness (QED) is 0.161. The Bertz CT molecular complexity index is 3160. The molecule has 4 heterocycles. The molecule has 0 saturated heterocycles. The molecule has 4 aromatic heterocycles. The minimum absolute atomic E-state index is 0. The van der Waals surface area contributed by atoms with Gasteiger partial charge in [-0.3, -0.25) is 0 Å². The van der Waals surface area contributed by atoms with E-state index < -0.39 is 19.6 Å². The second kappa shape index (κ2) is 16.5. The first-order valence-corrected chi connectivity index (χ1v) is 19.7. The Morgan fingerprint density at radius 3 is 2.19 bits per heavy atom. The van der Waals surface area contributed by atoms with Crippen LogP contribution in [0.1, 0.15) is 82.9 Å². The van der Waals surface area contributed by atoms with E-state index in [1.807, 2.05) is 56.4 Å². The van der Waals surface area contributed by atoms with E-state index in [1.165, 1.54) is 29.5 Å². The van der Waals surface area contributed by atoms with Crippen molar-refractivity contribution in [2.75, 3.05) is 0 Å². The van der Waals surface area contributed by atoms with Gasteiger partial charge in [-0.15, -0.1) is 64.9 Å². The summed E-state index contributed by atoms with van der Waals surface area (Å²) < 4.78 is 62.1. The van der Waals surface area contributed by atoms with Gasteiger partial charge in [0.1, 0.15) is 11.1 Å². The number of fused-ring (bicyclic) bond motifs is 5. The Hall–Kier alpha value is -5.26. The summed E-state index contributed by atoms with van der Waals surface area (Å²) in [4.78, 5) is 14.1. The molecule has 5 aromatic carbocycles. The van der Waals surface area contributed by atoms with Crippen molar-refractivity contribution in [3.05, 3.63) is 160 Å². The average molecular weight is 961 g/mol. The monoisotopic (exact) mass is 961 g/mol. The van der Waals surface area contributed by atoms with Crippen LogP contribution in [0.3, 0.4) is 0 Å². The number of aromatic nitrogens is 3. The summed E-state index contributed by atoms with van der Waals surface area (Å²) in [7, 11) is 0. The number of aryl methyl sites for hydroxylation is 4. The Morgan fingerprint density at radius 1 is 0.759 bits per heavy atom. The van der Waals surface area contributed by atoms with Crippen molar-refractivity contribution in [3.8, 4) is 44.8 Å². The maximum Gasteiger partial charge on any atom is 0.148 e. The van der Waals surface area contributed by atoms with Crippen LogP contribution in [0.25, 0.3) is 76.9 Å². The smallest absolute Gasteiger partial charge is 0.148 e. The molecule has 9 rings (SSSR count). The van der Waals surface area contributed by atoms with E-state index in [2.05, 4.69) is 94.2 Å². The van der Waals surface area contributed by atoms with Crippen LogP contribution in [-0.4, -0.2) is 15.0 Å². The first-order chi connectivity index (χ1) is 30.1. The van der Waals surface area contributed by atoms with Gasteiger partial charge in [0, 0.05) is 52.9 Å². The number of pyridine rings is 2. The van der Waals surface area contributed by atoms with Gasteiger partial charge in [-0.2, -0.15) is 0 Å². The summed E-state index contributed by atoms with van der Waals surface area (Å²) in [5.74, 6) is -0.800. The van der Waals surface area contributed by atoms with Crippen molar-refractivity contribution in [2.45, 2.75) is 73.5 Å². The summed E-state index contributed by atoms with van der Waals surface area (Å²) in [6.45, 7) is 10.2. The molecular formula is C52H47IrN3OS-2. The van der Waals surface area contributed by atoms with Gasteiger partial charge in [-0.05, 0) is 88.6 Å². The van der Waals surface area contributed by atoms with Gasteiger partial charge in [-0.1, -0.05) is 119 Å². The molecule has 4 nitrogen and oxygen atoms in total. The number of benzene rings is 5. The molecule has 0 N–H and O–H groups in total. The van der Waals surface area contributed by atoms with E-state index in [9.17, 15) is 0 Å². The zero-order valence-corrected chi connectivity index (χ0v) is 36.7. The van der Waals surface area contributed by atoms with E-state index in [4.69, 9.17) is 24.0 Å². The second-order valence-corrected chi connectivity index (χ2v) is 16.6. The maximum atomic E-state index is 8.83. The molecule has 0 aliphatic rings. The summed E-state index contributed by atoms with van der Waals surface area (Å²) in [6.07, 6.45) is 3.21. The van der Waals surface area contributed by atoms with Crippen LogP contribution in [0, 0.1) is 39.7 Å². The molecule has 0 aliphatic carbocycles. The van der Waals surface area contributed by atoms with Gasteiger partial charge in [-0.25, -0.2) is 4.98 Å². The largest absolute Gasteiger partial charge is 0.498 e. The molecule has 6 heteroatoms. The Balaban J connectivity index is 0.000000205. The van der Waals surface area contributed by atoms with E-state index in [-0.39, 0.29) is 36.6 Å². The topological polar surface area (TPSA) is 51.8 Å². The normalized spacial score (nSPS) is 13.9. The summed E-state index contributed by atoms with van der Waals surface area (Å²) in [6, 6.07) is 38.6. The zero-order valence-electron chi connectivity index (χ0n) is 40.5. The van der Waals surface area contributed by atoms with Gasteiger partial charge in [0.2, 0.25) is 0 Å². The fourth-order valence-corrected chi connectivity index (χ4v) is 8.20. The van der Waals surface area contributed by atoms with Gasteiger partial charge >= 0.3 is 0 Å². The van der Waals surface area contributed by atoms with Crippen LogP contribution in [0.5, 0.6) is 0 Å². The average Bonchev–Trinajstić information content (AvgIpc) is 3.86. The fraction of sp³-hybridized carbons (Fsp3) is 0.212. The molecular weight excluding hydrogens is 907 g/mol. The number of furan rings is 1. The van der Waals surface area contributed by atoms with Crippen molar-refractivity contribution in [3.63, 3.8) is 0 Å². The number of rotatable bonds is 5. The summed E-state index contributed by atoms with van der Waals surface area (Å²) in [5.41, 5.74) is 12.4. The van der Waals surface area contributed by atoms with Crippen LogP contribution in [0.2, 0.25) is 0 Å². The van der Waals surface area contributed by atoms with Crippen molar-refractivity contribution in [1.82, 2.24) is 15.0 Å². The summed E-state index contributed by atoms with van der Waals surface area (Å²) in [5, 5.41) is 3.18. The molecule has 0 atom stereocenters. The van der Waals surface area contributed by atoms with Gasteiger partial charge in [0.05, 0.1) is 15.3 Å². The molecule has 1 radical (unpaired) electrons. The predicted molar refractivity (Wildman–Crippen MR) is 240 cm³/mol. The van der Waals surface area contributed by atoms with E-state index in [0.717, 1.165) is 70.7 Å². The molecule has 0 bridgehead atoms. The SMILES string of the molecule is [2H]C(C)(C)c1cnc(-c2[c-]ccc3c2oc2c3ccc3sc(C(C)(C)C)nc32)cc1-c1c(C)cccc1C.[2H]C([2H])([2H])c1c[c-]c(-c2cc(-c3ccccc3)c(C([2H])([2H])[2H])cn2)cc1.[Ir]. The molecule has 58 heavy (non-hydrogen) atoms. The molecule has 0 saturated carbocycles. The number of hydrogen-bond acceptors (Lipinski definition) is 5. The van der Waals surface area contributed by atoms with Crippen LogP contribution in [-0.2, 0) is 25.5 Å². The van der Waals surface area contributed by atoms with Crippen LogP contribution >= 0.6 is 11.3 Å². The number of thiazole rings is 1. The van der Waals surface area contributed by atoms with E-state index in [0.29, 0.717) is 16.8 Å². The van der Waals surface area contributed by atoms with Crippen molar-refractivity contribution < 1.29 is 34.1 Å². The predicted octanol–water partition coefficient (Wildman–Crippen LogP) is 14.6. The molecule has 0 spiro atoms. The third-order valence-electron chi connectivity index (χ3n) is 10.1. The third kappa shape index (κ3) is 7.94. The second-order valence-electron chi connectivity index (χ2n) is 15.6. The number of hydrogen-bond donors (Lipinski definition) is 0.